The summed E-state index contributed by atoms with van der Waals surface area (Å²) in [4.78, 5) is 35.7. The van der Waals surface area contributed by atoms with Crippen LogP contribution in [0.25, 0.3) is 0 Å². The monoisotopic (exact) mass is 406 g/mol. The summed E-state index contributed by atoms with van der Waals surface area (Å²) in [6.45, 7) is -0.711. The van der Waals surface area contributed by atoms with Crippen LogP contribution in [0.4, 0.5) is 0 Å². The Kier molecular flexibility index (Phi) is 5.85. The molecule has 0 radical (unpaired) electrons. The van der Waals surface area contributed by atoms with Crippen LogP contribution in [-0.2, 0) is 14.3 Å². The molecule has 2 aromatic rings. The van der Waals surface area contributed by atoms with E-state index in [1.807, 2.05) is 0 Å². The van der Waals surface area contributed by atoms with Gasteiger partial charge in [0.1, 0.15) is 17.9 Å². The molecule has 1 aliphatic rings. The van der Waals surface area contributed by atoms with Gasteiger partial charge in [-0.3, -0.25) is 20.4 Å². The first-order chi connectivity index (χ1) is 13.4. The molecule has 0 aliphatic carbocycles. The van der Waals surface area contributed by atoms with Crippen molar-refractivity contribution in [2.45, 2.75) is 6.10 Å². The molecule has 146 valence electrons. The number of carbonyl (C=O) groups is 3. The fourth-order valence-electron chi connectivity index (χ4n) is 2.28. The Morgan fingerprint density at radius 3 is 2.68 bits per heavy atom. The summed E-state index contributed by atoms with van der Waals surface area (Å²) in [5.74, 6) is -1.77. The van der Waals surface area contributed by atoms with E-state index in [2.05, 4.69) is 10.9 Å². The van der Waals surface area contributed by atoms with Crippen LogP contribution in [0.5, 0.6) is 17.2 Å². The lowest BCUT2D eigenvalue weighted by molar-refractivity contribution is -0.135. The average Bonchev–Trinajstić information content (AvgIpc) is 2.71. The van der Waals surface area contributed by atoms with Gasteiger partial charge in [0.15, 0.2) is 18.1 Å². The first kappa shape index (κ1) is 19.3. The summed E-state index contributed by atoms with van der Waals surface area (Å²) < 4.78 is 15.7. The Hall–Kier alpha value is -3.46. The van der Waals surface area contributed by atoms with Gasteiger partial charge in [0.05, 0.1) is 0 Å². The van der Waals surface area contributed by atoms with E-state index >= 15 is 0 Å². The highest BCUT2D eigenvalue weighted by Gasteiger charge is 2.27. The van der Waals surface area contributed by atoms with Crippen molar-refractivity contribution in [3.63, 3.8) is 0 Å². The van der Waals surface area contributed by atoms with Crippen molar-refractivity contribution in [3.05, 3.63) is 53.1 Å². The maximum absolute atomic E-state index is 12.1. The summed E-state index contributed by atoms with van der Waals surface area (Å²) in [7, 11) is 0. The van der Waals surface area contributed by atoms with Gasteiger partial charge in [-0.15, -0.1) is 0 Å². The third kappa shape index (κ3) is 4.63. The Morgan fingerprint density at radius 2 is 1.89 bits per heavy atom. The maximum Gasteiger partial charge on any atom is 0.342 e. The van der Waals surface area contributed by atoms with E-state index in [0.29, 0.717) is 11.5 Å². The van der Waals surface area contributed by atoms with Gasteiger partial charge in [-0.1, -0.05) is 23.7 Å². The van der Waals surface area contributed by atoms with Crippen LogP contribution in [0.2, 0.25) is 5.02 Å². The molecule has 2 amide bonds. The second-order valence-electron chi connectivity index (χ2n) is 5.64. The first-order valence-electron chi connectivity index (χ1n) is 8.07. The van der Waals surface area contributed by atoms with Crippen molar-refractivity contribution in [2.75, 3.05) is 13.2 Å². The minimum Gasteiger partial charge on any atom is -0.507 e. The lowest BCUT2D eigenvalue weighted by Crippen LogP contribution is -2.51. The van der Waals surface area contributed by atoms with Gasteiger partial charge in [-0.05, 0) is 30.3 Å². The van der Waals surface area contributed by atoms with Crippen LogP contribution < -0.4 is 20.3 Å². The van der Waals surface area contributed by atoms with E-state index in [1.54, 1.807) is 24.3 Å². The average molecular weight is 407 g/mol. The normalized spacial score (nSPS) is 14.7. The topological polar surface area (TPSA) is 123 Å². The molecule has 0 saturated carbocycles. The van der Waals surface area contributed by atoms with Gasteiger partial charge in [-0.2, -0.15) is 0 Å². The molecule has 0 bridgehead atoms. The molecule has 1 heterocycles. The summed E-state index contributed by atoms with van der Waals surface area (Å²) in [6, 6.07) is 10.7. The molecular weight excluding hydrogens is 392 g/mol. The SMILES string of the molecule is O=C(COC(=O)c1cc(Cl)ccc1O)NNC(=O)[C@H]1COc2ccccc2O1. The molecule has 1 aliphatic heterocycles. The highest BCUT2D eigenvalue weighted by molar-refractivity contribution is 6.31. The zero-order valence-electron chi connectivity index (χ0n) is 14.3. The summed E-state index contributed by atoms with van der Waals surface area (Å²) in [5, 5.41) is 9.84. The summed E-state index contributed by atoms with van der Waals surface area (Å²) in [6.07, 6.45) is -0.957. The van der Waals surface area contributed by atoms with Crippen molar-refractivity contribution >= 4 is 29.4 Å². The van der Waals surface area contributed by atoms with Crippen molar-refractivity contribution in [1.29, 1.82) is 0 Å². The molecule has 3 rings (SSSR count). The number of hydrogen-bond donors (Lipinski definition) is 3. The lowest BCUT2D eigenvalue weighted by atomic mass is 10.2. The Bertz CT molecular complexity index is 919. The van der Waals surface area contributed by atoms with Gasteiger partial charge in [0, 0.05) is 5.02 Å². The van der Waals surface area contributed by atoms with E-state index in [9.17, 15) is 19.5 Å². The van der Waals surface area contributed by atoms with Crippen LogP contribution in [0.1, 0.15) is 10.4 Å². The number of phenolic OH excluding ortho intramolecular Hbond substituents is 1. The number of halogens is 1. The van der Waals surface area contributed by atoms with Gasteiger partial charge >= 0.3 is 5.97 Å². The number of fused-ring (bicyclic) bond motifs is 1. The minimum atomic E-state index is -0.957. The first-order valence-corrected chi connectivity index (χ1v) is 8.44. The number of benzene rings is 2. The van der Waals surface area contributed by atoms with Crippen LogP contribution in [0, 0.1) is 0 Å². The van der Waals surface area contributed by atoms with Crippen molar-refractivity contribution in [3.8, 4) is 17.2 Å². The molecule has 0 unspecified atom stereocenters. The molecule has 9 nitrogen and oxygen atoms in total. The predicted molar refractivity (Wildman–Crippen MR) is 96.0 cm³/mol. The Morgan fingerprint density at radius 1 is 1.14 bits per heavy atom. The number of rotatable bonds is 4. The molecule has 0 aromatic heterocycles. The highest BCUT2D eigenvalue weighted by Crippen LogP contribution is 2.30. The third-order valence-electron chi connectivity index (χ3n) is 3.64. The van der Waals surface area contributed by atoms with Crippen LogP contribution >= 0.6 is 11.6 Å². The fourth-order valence-corrected chi connectivity index (χ4v) is 2.45. The van der Waals surface area contributed by atoms with E-state index in [-0.39, 0.29) is 22.9 Å². The van der Waals surface area contributed by atoms with Gasteiger partial charge in [-0.25, -0.2) is 4.79 Å². The molecule has 2 aromatic carbocycles. The standard InChI is InChI=1S/C18H15ClN2O7/c19-10-5-6-12(22)11(7-10)18(25)27-9-16(23)20-21-17(24)15-8-26-13-3-1-2-4-14(13)28-15/h1-7,15,22H,8-9H2,(H,20,23)(H,21,24)/t15-/m1/s1. The molecule has 0 saturated heterocycles. The number of ether oxygens (including phenoxy) is 3. The number of hydrazine groups is 1. The minimum absolute atomic E-state index is 0.0260. The lowest BCUT2D eigenvalue weighted by Gasteiger charge is -2.25. The van der Waals surface area contributed by atoms with Crippen LogP contribution in [0.3, 0.4) is 0 Å². The number of amides is 2. The van der Waals surface area contributed by atoms with E-state index in [0.717, 1.165) is 0 Å². The molecule has 0 spiro atoms. The Labute approximate surface area is 164 Å². The number of para-hydroxylation sites is 2. The van der Waals surface area contributed by atoms with Gasteiger partial charge in [0.2, 0.25) is 6.10 Å². The molecule has 1 atom stereocenters. The van der Waals surface area contributed by atoms with E-state index in [1.165, 1.54) is 18.2 Å². The van der Waals surface area contributed by atoms with Crippen LogP contribution in [-0.4, -0.2) is 42.2 Å². The molecular formula is C18H15ClN2O7. The van der Waals surface area contributed by atoms with Gasteiger partial charge < -0.3 is 19.3 Å². The fraction of sp³-hybridized carbons (Fsp3) is 0.167. The number of hydrogen-bond acceptors (Lipinski definition) is 7. The van der Waals surface area contributed by atoms with Gasteiger partial charge in [0.25, 0.3) is 11.8 Å². The highest BCUT2D eigenvalue weighted by atomic mass is 35.5. The molecule has 3 N–H and O–H groups in total. The number of esters is 1. The third-order valence-corrected chi connectivity index (χ3v) is 3.87. The van der Waals surface area contributed by atoms with Crippen molar-refractivity contribution < 1.29 is 33.7 Å². The molecule has 10 heteroatoms. The number of nitrogens with one attached hydrogen (secondary N) is 2. The number of phenols is 1. The quantitative estimate of drug-likeness (QED) is 0.514. The Balaban J connectivity index is 1.45. The second-order valence-corrected chi connectivity index (χ2v) is 6.08. The van der Waals surface area contributed by atoms with Crippen LogP contribution in [0.15, 0.2) is 42.5 Å². The second kappa shape index (κ2) is 8.49. The maximum atomic E-state index is 12.1. The summed E-state index contributed by atoms with van der Waals surface area (Å²) in [5.41, 5.74) is 4.07. The smallest absolute Gasteiger partial charge is 0.342 e. The molecule has 28 heavy (non-hydrogen) atoms. The largest absolute Gasteiger partial charge is 0.507 e. The number of aromatic hydroxyl groups is 1. The van der Waals surface area contributed by atoms with Crippen molar-refractivity contribution in [1.82, 2.24) is 10.9 Å². The molecule has 0 fully saturated rings. The summed E-state index contributed by atoms with van der Waals surface area (Å²) >= 11 is 5.75. The van der Waals surface area contributed by atoms with E-state index < -0.39 is 30.5 Å². The predicted octanol–water partition coefficient (Wildman–Crippen LogP) is 1.19. The van der Waals surface area contributed by atoms with Crippen molar-refractivity contribution in [2.24, 2.45) is 0 Å². The zero-order valence-corrected chi connectivity index (χ0v) is 15.1. The zero-order chi connectivity index (χ0) is 20.1. The van der Waals surface area contributed by atoms with E-state index in [4.69, 9.17) is 25.8 Å². The number of carbonyl (C=O) groups excluding carboxylic acids is 3.